The Labute approximate surface area is 117 Å². The van der Waals surface area contributed by atoms with E-state index in [1.54, 1.807) is 12.4 Å². The predicted octanol–water partition coefficient (Wildman–Crippen LogP) is 2.02. The van der Waals surface area contributed by atoms with Gasteiger partial charge in [-0.25, -0.2) is 9.97 Å². The molecule has 6 heteroatoms. The van der Waals surface area contributed by atoms with E-state index in [9.17, 15) is 4.79 Å². The number of hydrogen-bond acceptors (Lipinski definition) is 6. The lowest BCUT2D eigenvalue weighted by Gasteiger charge is -2.14. The Morgan fingerprint density at radius 3 is 2.75 bits per heavy atom. The third kappa shape index (κ3) is 3.63. The number of ether oxygens (including phenoxy) is 1. The van der Waals surface area contributed by atoms with Crippen LogP contribution in [0.15, 0.2) is 24.5 Å². The van der Waals surface area contributed by atoms with E-state index in [-0.39, 0.29) is 18.0 Å². The Bertz CT molecular complexity index is 600. The van der Waals surface area contributed by atoms with E-state index < -0.39 is 0 Å². The second-order valence-electron chi connectivity index (χ2n) is 4.86. The number of pyridine rings is 1. The third-order valence-electron chi connectivity index (χ3n) is 2.68. The van der Waals surface area contributed by atoms with Gasteiger partial charge in [0.25, 0.3) is 0 Å². The maximum absolute atomic E-state index is 11.7. The molecule has 0 aliphatic carbocycles. The molecule has 0 aromatic carbocycles. The van der Waals surface area contributed by atoms with Crippen LogP contribution in [0.4, 0.5) is 5.82 Å². The number of fused-ring (bicyclic) bond motifs is 1. The molecule has 2 aromatic rings. The van der Waals surface area contributed by atoms with Crippen LogP contribution in [0.2, 0.25) is 0 Å². The highest BCUT2D eigenvalue weighted by Gasteiger charge is 2.15. The molecular formula is C14H18N4O2. The Kier molecular flexibility index (Phi) is 4.45. The van der Waals surface area contributed by atoms with Crippen LogP contribution in [0, 0.1) is 5.92 Å². The molecule has 0 amide bonds. The first-order chi connectivity index (χ1) is 9.56. The van der Waals surface area contributed by atoms with Crippen LogP contribution in [0.25, 0.3) is 11.2 Å². The average Bonchev–Trinajstić information content (AvgIpc) is 2.43. The predicted molar refractivity (Wildman–Crippen MR) is 76.2 cm³/mol. The van der Waals surface area contributed by atoms with Crippen molar-refractivity contribution in [3.05, 3.63) is 24.5 Å². The molecule has 0 saturated heterocycles. The zero-order chi connectivity index (χ0) is 14.5. The van der Waals surface area contributed by atoms with Crippen molar-refractivity contribution in [1.29, 1.82) is 0 Å². The van der Waals surface area contributed by atoms with Gasteiger partial charge in [-0.3, -0.25) is 9.78 Å². The fourth-order valence-corrected chi connectivity index (χ4v) is 1.64. The molecule has 1 N–H and O–H groups in total. The topological polar surface area (TPSA) is 77.0 Å². The standard InChI is InChI=1S/C14H18N4O2/c1-9(2)20-14(19)10(3)8-17-12-5-4-11-13(18-12)16-7-6-15-11/h4-7,9-10H,8H2,1-3H3,(H,16,17,18). The number of carbonyl (C=O) groups is 1. The number of nitrogens with zero attached hydrogens (tertiary/aromatic N) is 3. The SMILES string of the molecule is CC(C)OC(=O)C(C)CNc1ccc2nccnc2n1. The third-order valence-corrected chi connectivity index (χ3v) is 2.68. The fourth-order valence-electron chi connectivity index (χ4n) is 1.64. The van der Waals surface area contributed by atoms with E-state index in [1.807, 2.05) is 32.9 Å². The first-order valence-electron chi connectivity index (χ1n) is 6.58. The van der Waals surface area contributed by atoms with Crippen LogP contribution >= 0.6 is 0 Å². The van der Waals surface area contributed by atoms with Crippen LogP contribution in [0.1, 0.15) is 20.8 Å². The Morgan fingerprint density at radius 2 is 2.00 bits per heavy atom. The highest BCUT2D eigenvalue weighted by Crippen LogP contribution is 2.11. The lowest BCUT2D eigenvalue weighted by molar-refractivity contribution is -0.151. The smallest absolute Gasteiger partial charge is 0.310 e. The number of esters is 1. The molecule has 1 unspecified atom stereocenters. The summed E-state index contributed by atoms with van der Waals surface area (Å²) < 4.78 is 5.15. The molecule has 0 aliphatic rings. The molecule has 2 rings (SSSR count). The van der Waals surface area contributed by atoms with Gasteiger partial charge in [0.1, 0.15) is 11.3 Å². The zero-order valence-electron chi connectivity index (χ0n) is 11.8. The second-order valence-corrected chi connectivity index (χ2v) is 4.86. The largest absolute Gasteiger partial charge is 0.463 e. The van der Waals surface area contributed by atoms with Gasteiger partial charge in [-0.2, -0.15) is 0 Å². The first kappa shape index (κ1) is 14.2. The van der Waals surface area contributed by atoms with Gasteiger partial charge in [0.15, 0.2) is 5.65 Å². The van der Waals surface area contributed by atoms with E-state index in [1.165, 1.54) is 0 Å². The number of hydrogen-bond donors (Lipinski definition) is 1. The van der Waals surface area contributed by atoms with Gasteiger partial charge >= 0.3 is 5.97 Å². The van der Waals surface area contributed by atoms with Crippen molar-refractivity contribution in [3.8, 4) is 0 Å². The summed E-state index contributed by atoms with van der Waals surface area (Å²) in [6.45, 7) is 5.95. The molecule has 6 nitrogen and oxygen atoms in total. The van der Waals surface area contributed by atoms with Crippen LogP contribution in [0.5, 0.6) is 0 Å². The Hall–Kier alpha value is -2.24. The van der Waals surface area contributed by atoms with Crippen LogP contribution in [-0.2, 0) is 9.53 Å². The molecule has 0 fully saturated rings. The molecule has 2 heterocycles. The van der Waals surface area contributed by atoms with Gasteiger partial charge < -0.3 is 10.1 Å². The summed E-state index contributed by atoms with van der Waals surface area (Å²) in [6, 6.07) is 3.66. The van der Waals surface area contributed by atoms with Crippen molar-refractivity contribution in [1.82, 2.24) is 15.0 Å². The molecule has 1 atom stereocenters. The van der Waals surface area contributed by atoms with E-state index in [0.717, 1.165) is 5.52 Å². The highest BCUT2D eigenvalue weighted by molar-refractivity contribution is 5.73. The van der Waals surface area contributed by atoms with Crippen molar-refractivity contribution in [2.75, 3.05) is 11.9 Å². The van der Waals surface area contributed by atoms with Gasteiger partial charge in [0.2, 0.25) is 0 Å². The van der Waals surface area contributed by atoms with Gasteiger partial charge in [-0.05, 0) is 26.0 Å². The monoisotopic (exact) mass is 274 g/mol. The second kappa shape index (κ2) is 6.27. The normalized spacial score (nSPS) is 12.4. The molecular weight excluding hydrogens is 256 g/mol. The number of nitrogens with one attached hydrogen (secondary N) is 1. The lowest BCUT2D eigenvalue weighted by atomic mass is 10.2. The summed E-state index contributed by atoms with van der Waals surface area (Å²) in [5, 5.41) is 3.11. The maximum atomic E-state index is 11.7. The average molecular weight is 274 g/mol. The van der Waals surface area contributed by atoms with Gasteiger partial charge in [-0.15, -0.1) is 0 Å². The van der Waals surface area contributed by atoms with Crippen molar-refractivity contribution in [2.24, 2.45) is 5.92 Å². The van der Waals surface area contributed by atoms with E-state index in [0.29, 0.717) is 18.0 Å². The molecule has 0 spiro atoms. The molecule has 20 heavy (non-hydrogen) atoms. The number of aromatic nitrogens is 3. The summed E-state index contributed by atoms with van der Waals surface area (Å²) in [6.07, 6.45) is 3.13. The zero-order valence-corrected chi connectivity index (χ0v) is 11.8. The van der Waals surface area contributed by atoms with Crippen molar-refractivity contribution in [3.63, 3.8) is 0 Å². The van der Waals surface area contributed by atoms with E-state index >= 15 is 0 Å². The van der Waals surface area contributed by atoms with Crippen LogP contribution in [-0.4, -0.2) is 33.6 Å². The summed E-state index contributed by atoms with van der Waals surface area (Å²) >= 11 is 0. The van der Waals surface area contributed by atoms with Crippen molar-refractivity contribution in [2.45, 2.75) is 26.9 Å². The number of rotatable bonds is 5. The maximum Gasteiger partial charge on any atom is 0.310 e. The molecule has 0 radical (unpaired) electrons. The molecule has 0 saturated carbocycles. The molecule has 0 aliphatic heterocycles. The minimum Gasteiger partial charge on any atom is -0.463 e. The van der Waals surface area contributed by atoms with Crippen molar-refractivity contribution >= 4 is 23.0 Å². The quantitative estimate of drug-likeness (QED) is 0.841. The minimum absolute atomic E-state index is 0.0981. The van der Waals surface area contributed by atoms with Crippen molar-refractivity contribution < 1.29 is 9.53 Å². The van der Waals surface area contributed by atoms with E-state index in [2.05, 4.69) is 20.3 Å². The van der Waals surface area contributed by atoms with E-state index in [4.69, 9.17) is 4.74 Å². The highest BCUT2D eigenvalue weighted by atomic mass is 16.5. The molecule has 2 aromatic heterocycles. The summed E-state index contributed by atoms with van der Waals surface area (Å²) in [7, 11) is 0. The van der Waals surface area contributed by atoms with Gasteiger partial charge in [0, 0.05) is 18.9 Å². The fraction of sp³-hybridized carbons (Fsp3) is 0.429. The molecule has 0 bridgehead atoms. The lowest BCUT2D eigenvalue weighted by Crippen LogP contribution is -2.25. The number of anilines is 1. The van der Waals surface area contributed by atoms with Gasteiger partial charge in [0.05, 0.1) is 12.0 Å². The Balaban J connectivity index is 1.97. The summed E-state index contributed by atoms with van der Waals surface area (Å²) in [4.78, 5) is 24.3. The van der Waals surface area contributed by atoms with Crippen LogP contribution in [0.3, 0.4) is 0 Å². The first-order valence-corrected chi connectivity index (χ1v) is 6.58. The summed E-state index contributed by atoms with van der Waals surface area (Å²) in [5.74, 6) is 0.215. The minimum atomic E-state index is -0.239. The summed E-state index contributed by atoms with van der Waals surface area (Å²) in [5.41, 5.74) is 1.32. The number of carbonyl (C=O) groups excluding carboxylic acids is 1. The van der Waals surface area contributed by atoms with Crippen LogP contribution < -0.4 is 5.32 Å². The van der Waals surface area contributed by atoms with Gasteiger partial charge in [-0.1, -0.05) is 6.92 Å². The molecule has 106 valence electrons. The Morgan fingerprint density at radius 1 is 1.25 bits per heavy atom.